The van der Waals surface area contributed by atoms with E-state index in [1.807, 2.05) is 12.1 Å². The molecule has 0 saturated carbocycles. The first-order valence-corrected chi connectivity index (χ1v) is 4.92. The lowest BCUT2D eigenvalue weighted by atomic mass is 10.1. The Morgan fingerprint density at radius 2 is 1.93 bits per heavy atom. The van der Waals surface area contributed by atoms with E-state index < -0.39 is 0 Å². The Kier molecular flexibility index (Phi) is 1.92. The molecule has 0 aliphatic carbocycles. The van der Waals surface area contributed by atoms with Crippen molar-refractivity contribution in [1.82, 2.24) is 0 Å². The highest BCUT2D eigenvalue weighted by molar-refractivity contribution is 5.40. The van der Waals surface area contributed by atoms with Gasteiger partial charge in [-0.3, -0.25) is 0 Å². The summed E-state index contributed by atoms with van der Waals surface area (Å²) in [4.78, 5) is 0. The molecule has 3 rings (SSSR count). The molecule has 0 spiro atoms. The molecule has 2 heterocycles. The standard InChI is InChI=1S/C11H12O3/c1-2-10-8(3-4-12-10)7-9(1)11-13-5-6-14-11/h1-2,7,11H,3-6H2. The van der Waals surface area contributed by atoms with E-state index in [9.17, 15) is 0 Å². The molecule has 0 bridgehead atoms. The fourth-order valence-corrected chi connectivity index (χ4v) is 1.90. The van der Waals surface area contributed by atoms with Gasteiger partial charge >= 0.3 is 0 Å². The molecule has 0 radical (unpaired) electrons. The Bertz CT molecular complexity index is 342. The van der Waals surface area contributed by atoms with Crippen LogP contribution in [0.15, 0.2) is 18.2 Å². The summed E-state index contributed by atoms with van der Waals surface area (Å²) in [5.41, 5.74) is 2.37. The lowest BCUT2D eigenvalue weighted by Crippen LogP contribution is -1.98. The van der Waals surface area contributed by atoms with Crippen molar-refractivity contribution in [1.29, 1.82) is 0 Å². The number of rotatable bonds is 1. The van der Waals surface area contributed by atoms with Crippen molar-refractivity contribution in [2.45, 2.75) is 12.7 Å². The second kappa shape index (κ2) is 3.26. The van der Waals surface area contributed by atoms with Crippen LogP contribution in [0.1, 0.15) is 17.4 Å². The van der Waals surface area contributed by atoms with Crippen LogP contribution in [0.2, 0.25) is 0 Å². The van der Waals surface area contributed by atoms with Gasteiger partial charge in [0.25, 0.3) is 0 Å². The van der Waals surface area contributed by atoms with E-state index in [1.165, 1.54) is 5.56 Å². The van der Waals surface area contributed by atoms with E-state index in [0.29, 0.717) is 13.2 Å². The maximum Gasteiger partial charge on any atom is 0.184 e. The molecule has 2 aliphatic heterocycles. The molecule has 0 aromatic heterocycles. The van der Waals surface area contributed by atoms with Crippen molar-refractivity contribution in [3.8, 4) is 5.75 Å². The molecule has 74 valence electrons. The summed E-state index contributed by atoms with van der Waals surface area (Å²) in [6, 6.07) is 6.14. The molecule has 0 unspecified atom stereocenters. The average Bonchev–Trinajstić information content (AvgIpc) is 2.88. The van der Waals surface area contributed by atoms with E-state index in [4.69, 9.17) is 14.2 Å². The molecule has 3 nitrogen and oxygen atoms in total. The summed E-state index contributed by atoms with van der Waals surface area (Å²) in [6.45, 7) is 2.18. The molecule has 1 aromatic carbocycles. The van der Waals surface area contributed by atoms with Crippen molar-refractivity contribution in [3.63, 3.8) is 0 Å². The molecule has 0 atom stereocenters. The average molecular weight is 192 g/mol. The lowest BCUT2D eigenvalue weighted by Gasteiger charge is -2.10. The Balaban J connectivity index is 1.91. The molecule has 2 aliphatic rings. The third-order valence-electron chi connectivity index (χ3n) is 2.61. The molecule has 0 N–H and O–H groups in total. The number of benzene rings is 1. The van der Waals surface area contributed by atoms with E-state index in [2.05, 4.69) is 6.07 Å². The van der Waals surface area contributed by atoms with Crippen LogP contribution in [0.25, 0.3) is 0 Å². The van der Waals surface area contributed by atoms with Crippen molar-refractivity contribution < 1.29 is 14.2 Å². The Morgan fingerprint density at radius 3 is 2.79 bits per heavy atom. The lowest BCUT2D eigenvalue weighted by molar-refractivity contribution is -0.0441. The monoisotopic (exact) mass is 192 g/mol. The zero-order valence-electron chi connectivity index (χ0n) is 7.86. The first kappa shape index (κ1) is 8.26. The second-order valence-corrected chi connectivity index (χ2v) is 3.54. The molecule has 1 aromatic rings. The summed E-state index contributed by atoms with van der Waals surface area (Å²) in [5, 5.41) is 0. The quantitative estimate of drug-likeness (QED) is 0.677. The zero-order valence-corrected chi connectivity index (χ0v) is 7.86. The van der Waals surface area contributed by atoms with E-state index in [0.717, 1.165) is 24.3 Å². The van der Waals surface area contributed by atoms with Crippen LogP contribution in [0.5, 0.6) is 5.75 Å². The second-order valence-electron chi connectivity index (χ2n) is 3.54. The molecule has 0 amide bonds. The topological polar surface area (TPSA) is 27.7 Å². The normalized spacial score (nSPS) is 20.9. The van der Waals surface area contributed by atoms with Crippen LogP contribution >= 0.6 is 0 Å². The van der Waals surface area contributed by atoms with Gasteiger partial charge < -0.3 is 14.2 Å². The van der Waals surface area contributed by atoms with Crippen molar-refractivity contribution in [3.05, 3.63) is 29.3 Å². The van der Waals surface area contributed by atoms with E-state index in [1.54, 1.807) is 0 Å². The van der Waals surface area contributed by atoms with Crippen LogP contribution < -0.4 is 4.74 Å². The molecule has 14 heavy (non-hydrogen) atoms. The minimum Gasteiger partial charge on any atom is -0.493 e. The van der Waals surface area contributed by atoms with Gasteiger partial charge in [0.2, 0.25) is 0 Å². The summed E-state index contributed by atoms with van der Waals surface area (Å²) >= 11 is 0. The van der Waals surface area contributed by atoms with Gasteiger partial charge in [-0.1, -0.05) is 6.07 Å². The summed E-state index contributed by atoms with van der Waals surface area (Å²) in [6.07, 6.45) is 0.830. The largest absolute Gasteiger partial charge is 0.493 e. The van der Waals surface area contributed by atoms with E-state index >= 15 is 0 Å². The minimum absolute atomic E-state index is 0.166. The third-order valence-corrected chi connectivity index (χ3v) is 2.61. The summed E-state index contributed by atoms with van der Waals surface area (Å²) in [7, 11) is 0. The first-order chi connectivity index (χ1) is 6.93. The van der Waals surface area contributed by atoms with Gasteiger partial charge in [0.15, 0.2) is 6.29 Å². The molecule has 3 heteroatoms. The molecular weight excluding hydrogens is 180 g/mol. The minimum atomic E-state index is -0.166. The van der Waals surface area contributed by atoms with Crippen LogP contribution in [-0.2, 0) is 15.9 Å². The first-order valence-electron chi connectivity index (χ1n) is 4.92. The van der Waals surface area contributed by atoms with Crippen LogP contribution in [-0.4, -0.2) is 19.8 Å². The van der Waals surface area contributed by atoms with Crippen molar-refractivity contribution in [2.24, 2.45) is 0 Å². The highest BCUT2D eigenvalue weighted by atomic mass is 16.7. The van der Waals surface area contributed by atoms with Gasteiger partial charge in [0.1, 0.15) is 5.75 Å². The number of ether oxygens (including phenoxy) is 3. The SMILES string of the molecule is c1cc2c(cc1C1OCCO1)CCO2. The fraction of sp³-hybridized carbons (Fsp3) is 0.455. The van der Waals surface area contributed by atoms with Crippen LogP contribution in [0, 0.1) is 0 Å². The van der Waals surface area contributed by atoms with Gasteiger partial charge in [-0.05, 0) is 17.7 Å². The molecule has 1 fully saturated rings. The van der Waals surface area contributed by atoms with Crippen molar-refractivity contribution >= 4 is 0 Å². The summed E-state index contributed by atoms with van der Waals surface area (Å²) in [5.74, 6) is 1.01. The maximum atomic E-state index is 5.44. The van der Waals surface area contributed by atoms with Crippen LogP contribution in [0.3, 0.4) is 0 Å². The Morgan fingerprint density at radius 1 is 1.07 bits per heavy atom. The fourth-order valence-electron chi connectivity index (χ4n) is 1.90. The summed E-state index contributed by atoms with van der Waals surface area (Å²) < 4.78 is 16.3. The highest BCUT2D eigenvalue weighted by Gasteiger charge is 2.20. The predicted molar refractivity (Wildman–Crippen MR) is 50.3 cm³/mol. The third kappa shape index (κ3) is 1.29. The van der Waals surface area contributed by atoms with Gasteiger partial charge in [-0.2, -0.15) is 0 Å². The predicted octanol–water partition coefficient (Wildman–Crippen LogP) is 1.67. The van der Waals surface area contributed by atoms with Crippen molar-refractivity contribution in [2.75, 3.05) is 19.8 Å². The molecule has 1 saturated heterocycles. The Labute approximate surface area is 82.6 Å². The van der Waals surface area contributed by atoms with E-state index in [-0.39, 0.29) is 6.29 Å². The maximum absolute atomic E-state index is 5.44. The highest BCUT2D eigenvalue weighted by Crippen LogP contribution is 2.30. The van der Waals surface area contributed by atoms with Gasteiger partial charge in [-0.25, -0.2) is 0 Å². The van der Waals surface area contributed by atoms with Crippen LogP contribution in [0.4, 0.5) is 0 Å². The van der Waals surface area contributed by atoms with Gasteiger partial charge in [-0.15, -0.1) is 0 Å². The number of hydrogen-bond acceptors (Lipinski definition) is 3. The van der Waals surface area contributed by atoms with Gasteiger partial charge in [0, 0.05) is 12.0 Å². The smallest absolute Gasteiger partial charge is 0.184 e. The zero-order chi connectivity index (χ0) is 9.38. The Hall–Kier alpha value is -1.06. The van der Waals surface area contributed by atoms with Gasteiger partial charge in [0.05, 0.1) is 19.8 Å². The molecular formula is C11H12O3. The number of hydrogen-bond donors (Lipinski definition) is 0. The number of fused-ring (bicyclic) bond motifs is 1.